The van der Waals surface area contributed by atoms with Crippen molar-refractivity contribution in [2.75, 3.05) is 19.4 Å². The Morgan fingerprint density at radius 2 is 2.27 bits per heavy atom. The number of hydrogen-bond donors (Lipinski definition) is 0. The first-order valence-corrected chi connectivity index (χ1v) is 5.05. The molecule has 0 aromatic heterocycles. The standard InChI is InChI=1S/C6H12NO3S/c1-6-5-7(2)11(8,9)4-3-10-6/h5-6H,3-4H2,1-2H3/q+1. The van der Waals surface area contributed by atoms with Crippen LogP contribution in [0.3, 0.4) is 0 Å². The molecule has 0 saturated heterocycles. The van der Waals surface area contributed by atoms with Gasteiger partial charge in [0, 0.05) is 0 Å². The van der Waals surface area contributed by atoms with Crippen molar-refractivity contribution in [3.05, 3.63) is 0 Å². The van der Waals surface area contributed by atoms with E-state index in [0.29, 0.717) is 0 Å². The minimum absolute atomic E-state index is 0.0737. The zero-order chi connectivity index (χ0) is 8.48. The van der Waals surface area contributed by atoms with Gasteiger partial charge in [0.1, 0.15) is 11.9 Å². The van der Waals surface area contributed by atoms with E-state index in [1.165, 1.54) is 11.0 Å². The second-order valence-electron chi connectivity index (χ2n) is 2.56. The van der Waals surface area contributed by atoms with Crippen LogP contribution in [-0.4, -0.2) is 44.1 Å². The molecule has 0 radical (unpaired) electrons. The fraction of sp³-hybridized carbons (Fsp3) is 0.833. The van der Waals surface area contributed by atoms with Gasteiger partial charge in [-0.15, -0.1) is 3.98 Å². The van der Waals surface area contributed by atoms with E-state index < -0.39 is 10.0 Å². The van der Waals surface area contributed by atoms with Gasteiger partial charge in [-0.05, 0) is 6.92 Å². The summed E-state index contributed by atoms with van der Waals surface area (Å²) in [7, 11) is -1.55. The Morgan fingerprint density at radius 1 is 1.64 bits per heavy atom. The minimum Gasteiger partial charge on any atom is -0.367 e. The molecule has 11 heavy (non-hydrogen) atoms. The lowest BCUT2D eigenvalue weighted by Gasteiger charge is -1.97. The van der Waals surface area contributed by atoms with Crippen LogP contribution in [-0.2, 0) is 14.8 Å². The third kappa shape index (κ3) is 2.00. The highest BCUT2D eigenvalue weighted by atomic mass is 32.2. The maximum Gasteiger partial charge on any atom is 0.366 e. The molecule has 0 aromatic carbocycles. The topological polar surface area (TPSA) is 46.4 Å². The van der Waals surface area contributed by atoms with Crippen LogP contribution in [0.1, 0.15) is 6.92 Å². The molecule has 5 heteroatoms. The molecule has 4 nitrogen and oxygen atoms in total. The summed E-state index contributed by atoms with van der Waals surface area (Å²) in [5, 5.41) is 0. The first-order valence-electron chi connectivity index (χ1n) is 3.45. The van der Waals surface area contributed by atoms with E-state index in [9.17, 15) is 8.42 Å². The Labute approximate surface area is 66.5 Å². The van der Waals surface area contributed by atoms with Crippen molar-refractivity contribution in [3.8, 4) is 0 Å². The summed E-state index contributed by atoms with van der Waals surface area (Å²) >= 11 is 0. The molecule has 0 saturated carbocycles. The molecule has 0 N–H and O–H groups in total. The molecule has 0 fully saturated rings. The quantitative estimate of drug-likeness (QED) is 0.467. The summed E-state index contributed by atoms with van der Waals surface area (Å²) in [6.07, 6.45) is 1.44. The number of rotatable bonds is 0. The second-order valence-corrected chi connectivity index (χ2v) is 4.71. The predicted molar refractivity (Wildman–Crippen MR) is 41.4 cm³/mol. The maximum atomic E-state index is 11.2. The Hall–Kier alpha value is -0.420. The van der Waals surface area contributed by atoms with Crippen molar-refractivity contribution in [2.45, 2.75) is 13.0 Å². The summed E-state index contributed by atoms with van der Waals surface area (Å²) in [6, 6.07) is 0. The van der Waals surface area contributed by atoms with Gasteiger partial charge in [0.05, 0.1) is 6.61 Å². The van der Waals surface area contributed by atoms with Gasteiger partial charge >= 0.3 is 10.0 Å². The Balaban J connectivity index is 2.97. The van der Waals surface area contributed by atoms with Crippen molar-refractivity contribution < 1.29 is 17.1 Å². The van der Waals surface area contributed by atoms with Crippen LogP contribution in [0, 0.1) is 0 Å². The van der Waals surface area contributed by atoms with Gasteiger partial charge in [-0.25, -0.2) is 0 Å². The SMILES string of the molecule is CC1C=[N+](C)S(=O)(=O)CCO1. The van der Waals surface area contributed by atoms with E-state index in [1.807, 2.05) is 6.92 Å². The number of ether oxygens (including phenoxy) is 1. The zero-order valence-corrected chi connectivity index (χ0v) is 7.47. The summed E-state index contributed by atoms with van der Waals surface area (Å²) in [4.78, 5) is 0. The molecule has 0 aliphatic carbocycles. The van der Waals surface area contributed by atoms with Gasteiger partial charge in [0.2, 0.25) is 0 Å². The number of sulfonamides is 1. The van der Waals surface area contributed by atoms with Gasteiger partial charge < -0.3 is 4.74 Å². The molecule has 1 rings (SSSR count). The summed E-state index contributed by atoms with van der Waals surface area (Å²) in [5.41, 5.74) is 0. The molecule has 0 spiro atoms. The van der Waals surface area contributed by atoms with Crippen molar-refractivity contribution in [1.29, 1.82) is 0 Å². The van der Waals surface area contributed by atoms with Crippen molar-refractivity contribution >= 4 is 16.2 Å². The molecule has 0 aromatic rings. The van der Waals surface area contributed by atoms with Crippen molar-refractivity contribution in [1.82, 2.24) is 0 Å². The first-order chi connectivity index (χ1) is 5.02. The smallest absolute Gasteiger partial charge is 0.366 e. The summed E-state index contributed by atoms with van der Waals surface area (Å²) < 4.78 is 28.7. The van der Waals surface area contributed by atoms with Crippen LogP contribution in [0.4, 0.5) is 0 Å². The van der Waals surface area contributed by atoms with E-state index in [4.69, 9.17) is 4.74 Å². The molecule has 1 atom stereocenters. The molecule has 1 aliphatic heterocycles. The van der Waals surface area contributed by atoms with Gasteiger partial charge in [-0.1, -0.05) is 0 Å². The lowest BCUT2D eigenvalue weighted by atomic mass is 10.4. The van der Waals surface area contributed by atoms with Crippen molar-refractivity contribution in [2.24, 2.45) is 0 Å². The second kappa shape index (κ2) is 2.91. The van der Waals surface area contributed by atoms with E-state index >= 15 is 0 Å². The number of hydrogen-bond acceptors (Lipinski definition) is 3. The number of nitrogens with zero attached hydrogens (tertiary/aromatic N) is 1. The van der Waals surface area contributed by atoms with E-state index in [-0.39, 0.29) is 18.5 Å². The highest BCUT2D eigenvalue weighted by Gasteiger charge is 2.24. The third-order valence-electron chi connectivity index (χ3n) is 1.58. The average Bonchev–Trinajstić information content (AvgIpc) is 1.94. The Kier molecular flexibility index (Phi) is 2.29. The Bertz CT molecular complexity index is 268. The van der Waals surface area contributed by atoms with Crippen molar-refractivity contribution in [3.63, 3.8) is 0 Å². The fourth-order valence-corrected chi connectivity index (χ4v) is 1.87. The molecule has 64 valence electrons. The fourth-order valence-electron chi connectivity index (χ4n) is 0.915. The van der Waals surface area contributed by atoms with Crippen LogP contribution >= 0.6 is 0 Å². The molecule has 0 amide bonds. The molecule has 1 aliphatic rings. The van der Waals surface area contributed by atoms with Gasteiger partial charge in [0.25, 0.3) is 0 Å². The highest BCUT2D eigenvalue weighted by molar-refractivity contribution is 7.85. The lowest BCUT2D eigenvalue weighted by molar-refractivity contribution is -0.323. The normalized spacial score (nSPS) is 30.7. The monoisotopic (exact) mass is 178 g/mol. The van der Waals surface area contributed by atoms with Crippen LogP contribution in [0.15, 0.2) is 0 Å². The molecule has 0 bridgehead atoms. The first kappa shape index (κ1) is 8.67. The van der Waals surface area contributed by atoms with Gasteiger partial charge in [0.15, 0.2) is 13.3 Å². The van der Waals surface area contributed by atoms with Gasteiger partial charge in [-0.3, -0.25) is 0 Å². The van der Waals surface area contributed by atoms with Gasteiger partial charge in [-0.2, -0.15) is 8.42 Å². The highest BCUT2D eigenvalue weighted by Crippen LogP contribution is 1.98. The maximum absolute atomic E-state index is 11.2. The third-order valence-corrected chi connectivity index (χ3v) is 3.26. The summed E-state index contributed by atoms with van der Waals surface area (Å²) in [5.74, 6) is 0.0737. The van der Waals surface area contributed by atoms with Crippen LogP contribution in [0.2, 0.25) is 0 Å². The van der Waals surface area contributed by atoms with Crippen LogP contribution < -0.4 is 0 Å². The summed E-state index contributed by atoms with van der Waals surface area (Å²) in [6.45, 7) is 2.10. The predicted octanol–water partition coefficient (Wildman–Crippen LogP) is -0.552. The Morgan fingerprint density at radius 3 is 2.91 bits per heavy atom. The van der Waals surface area contributed by atoms with E-state index in [1.54, 1.807) is 6.21 Å². The largest absolute Gasteiger partial charge is 0.367 e. The van der Waals surface area contributed by atoms with E-state index in [2.05, 4.69) is 0 Å². The van der Waals surface area contributed by atoms with Crippen LogP contribution in [0.5, 0.6) is 0 Å². The molecular weight excluding hydrogens is 166 g/mol. The van der Waals surface area contributed by atoms with Crippen LogP contribution in [0.25, 0.3) is 0 Å². The van der Waals surface area contributed by atoms with E-state index in [0.717, 1.165) is 0 Å². The molecule has 1 unspecified atom stereocenters. The lowest BCUT2D eigenvalue weighted by Crippen LogP contribution is -2.21. The molecule has 1 heterocycles. The average molecular weight is 178 g/mol. The molecular formula is C6H12NO3S+. The minimum atomic E-state index is -3.08. The zero-order valence-electron chi connectivity index (χ0n) is 6.65.